The van der Waals surface area contributed by atoms with Crippen LogP contribution in [0.5, 0.6) is 0 Å². The van der Waals surface area contributed by atoms with Crippen molar-refractivity contribution in [2.45, 2.75) is 6.04 Å². The number of hydrogen-bond acceptors (Lipinski definition) is 4. The number of amides is 1. The Hall–Kier alpha value is -0.750. The van der Waals surface area contributed by atoms with Gasteiger partial charge >= 0.3 is 5.97 Å². The van der Waals surface area contributed by atoms with Crippen LogP contribution in [0, 0.1) is 5.92 Å². The quantitative estimate of drug-likeness (QED) is 0.632. The van der Waals surface area contributed by atoms with E-state index in [9.17, 15) is 9.59 Å². The van der Waals surface area contributed by atoms with Crippen LogP contribution in [0.25, 0.3) is 0 Å². The van der Waals surface area contributed by atoms with Crippen molar-refractivity contribution >= 4 is 23.6 Å². The summed E-state index contributed by atoms with van der Waals surface area (Å²) in [5.41, 5.74) is 0. The van der Waals surface area contributed by atoms with Crippen LogP contribution in [-0.2, 0) is 9.59 Å². The Kier molecular flexibility index (Phi) is 2.64. The first kappa shape index (κ1) is 9.79. The molecule has 0 aromatic heterocycles. The van der Waals surface area contributed by atoms with Gasteiger partial charge in [0, 0.05) is 18.8 Å². The van der Waals surface area contributed by atoms with Gasteiger partial charge in [0.2, 0.25) is 5.91 Å². The molecule has 5 nitrogen and oxygen atoms in total. The van der Waals surface area contributed by atoms with Gasteiger partial charge in [-0.05, 0) is 0 Å². The first-order valence-electron chi connectivity index (χ1n) is 4.52. The smallest absolute Gasteiger partial charge is 0.327 e. The molecule has 0 aromatic rings. The van der Waals surface area contributed by atoms with Crippen molar-refractivity contribution in [3.05, 3.63) is 0 Å². The number of carboxylic acids is 1. The van der Waals surface area contributed by atoms with Gasteiger partial charge in [-0.25, -0.2) is 4.79 Å². The van der Waals surface area contributed by atoms with Gasteiger partial charge in [0.05, 0.1) is 11.8 Å². The number of nitrogens with zero attached hydrogens (tertiary/aromatic N) is 1. The predicted octanol–water partition coefficient (Wildman–Crippen LogP) is -0.808. The Morgan fingerprint density at radius 1 is 1.43 bits per heavy atom. The average Bonchev–Trinajstić information content (AvgIpc) is 2.47. The third kappa shape index (κ3) is 1.59. The van der Waals surface area contributed by atoms with Crippen molar-refractivity contribution in [2.75, 3.05) is 24.7 Å². The summed E-state index contributed by atoms with van der Waals surface area (Å²) in [5, 5.41) is 11.9. The van der Waals surface area contributed by atoms with E-state index in [0.29, 0.717) is 24.7 Å². The van der Waals surface area contributed by atoms with Crippen LogP contribution in [0.3, 0.4) is 0 Å². The maximum absolute atomic E-state index is 11.8. The molecule has 2 aliphatic rings. The minimum atomic E-state index is -0.893. The second kappa shape index (κ2) is 3.78. The van der Waals surface area contributed by atoms with E-state index in [2.05, 4.69) is 5.32 Å². The third-order valence-corrected chi connectivity index (χ3v) is 3.59. The molecule has 0 spiro atoms. The van der Waals surface area contributed by atoms with E-state index in [1.165, 1.54) is 16.7 Å². The van der Waals surface area contributed by atoms with Crippen molar-refractivity contribution in [3.8, 4) is 0 Å². The summed E-state index contributed by atoms with van der Waals surface area (Å²) in [6, 6.07) is -0.618. The summed E-state index contributed by atoms with van der Waals surface area (Å²) in [7, 11) is 0. The summed E-state index contributed by atoms with van der Waals surface area (Å²) in [6.45, 7) is 1.37. The van der Waals surface area contributed by atoms with Crippen molar-refractivity contribution < 1.29 is 14.7 Å². The molecule has 2 aliphatic heterocycles. The molecule has 2 fully saturated rings. The van der Waals surface area contributed by atoms with E-state index in [1.54, 1.807) is 0 Å². The van der Waals surface area contributed by atoms with Crippen LogP contribution < -0.4 is 5.32 Å². The standard InChI is InChI=1S/C8H12N2O3S/c11-7(5-1-9-2-5)10-4-14-3-6(10)8(12)13/h5-6,9H,1-4H2,(H,12,13). The number of carboxylic acid groups (broad SMARTS) is 1. The summed E-state index contributed by atoms with van der Waals surface area (Å²) >= 11 is 1.50. The number of carbonyl (C=O) groups is 2. The lowest BCUT2D eigenvalue weighted by Crippen LogP contribution is -2.54. The number of carbonyl (C=O) groups excluding carboxylic acids is 1. The van der Waals surface area contributed by atoms with Crippen molar-refractivity contribution in [1.82, 2.24) is 10.2 Å². The number of hydrogen-bond donors (Lipinski definition) is 2. The highest BCUT2D eigenvalue weighted by atomic mass is 32.2. The topological polar surface area (TPSA) is 69.6 Å². The Bertz CT molecular complexity index is 267. The van der Waals surface area contributed by atoms with Crippen LogP contribution in [0.4, 0.5) is 0 Å². The van der Waals surface area contributed by atoms with Crippen LogP contribution in [0.15, 0.2) is 0 Å². The molecular weight excluding hydrogens is 204 g/mol. The van der Waals surface area contributed by atoms with Crippen molar-refractivity contribution in [3.63, 3.8) is 0 Å². The van der Waals surface area contributed by atoms with E-state index in [0.717, 1.165) is 0 Å². The summed E-state index contributed by atoms with van der Waals surface area (Å²) < 4.78 is 0. The molecule has 0 saturated carbocycles. The Balaban J connectivity index is 2.01. The van der Waals surface area contributed by atoms with Crippen molar-refractivity contribution in [1.29, 1.82) is 0 Å². The predicted molar refractivity (Wildman–Crippen MR) is 52.0 cm³/mol. The summed E-state index contributed by atoms with van der Waals surface area (Å²) in [6.07, 6.45) is 0. The van der Waals surface area contributed by atoms with E-state index < -0.39 is 12.0 Å². The molecule has 1 atom stereocenters. The molecule has 78 valence electrons. The second-order valence-corrected chi connectivity index (χ2v) is 4.52. The fourth-order valence-electron chi connectivity index (χ4n) is 1.56. The SMILES string of the molecule is O=C(O)C1CSCN1C(=O)C1CNC1. The highest BCUT2D eigenvalue weighted by molar-refractivity contribution is 7.99. The van der Waals surface area contributed by atoms with Crippen LogP contribution in [0.1, 0.15) is 0 Å². The van der Waals surface area contributed by atoms with Gasteiger partial charge in [0.25, 0.3) is 0 Å². The zero-order chi connectivity index (χ0) is 10.1. The van der Waals surface area contributed by atoms with Gasteiger partial charge in [0.15, 0.2) is 0 Å². The lowest BCUT2D eigenvalue weighted by atomic mass is 10.0. The maximum Gasteiger partial charge on any atom is 0.327 e. The van der Waals surface area contributed by atoms with Gasteiger partial charge in [-0.1, -0.05) is 0 Å². The lowest BCUT2D eigenvalue weighted by Gasteiger charge is -2.31. The zero-order valence-corrected chi connectivity index (χ0v) is 8.42. The normalized spacial score (nSPS) is 27.4. The van der Waals surface area contributed by atoms with Gasteiger partial charge < -0.3 is 15.3 Å². The largest absolute Gasteiger partial charge is 0.480 e. The summed E-state index contributed by atoms with van der Waals surface area (Å²) in [4.78, 5) is 24.1. The number of aliphatic carboxylic acids is 1. The summed E-state index contributed by atoms with van der Waals surface area (Å²) in [5.74, 6) is 0.125. The molecule has 1 amide bonds. The van der Waals surface area contributed by atoms with Gasteiger partial charge in [-0.15, -0.1) is 11.8 Å². The van der Waals surface area contributed by atoms with Crippen LogP contribution in [0.2, 0.25) is 0 Å². The monoisotopic (exact) mass is 216 g/mol. The van der Waals surface area contributed by atoms with Gasteiger partial charge in [0.1, 0.15) is 6.04 Å². The molecule has 1 unspecified atom stereocenters. The Labute approximate surface area is 85.8 Å². The fourth-order valence-corrected chi connectivity index (χ4v) is 2.72. The first-order valence-corrected chi connectivity index (χ1v) is 5.67. The molecular formula is C8H12N2O3S. The highest BCUT2D eigenvalue weighted by Crippen LogP contribution is 2.23. The van der Waals surface area contributed by atoms with Gasteiger partial charge in [-0.2, -0.15) is 0 Å². The number of rotatable bonds is 2. The maximum atomic E-state index is 11.8. The fraction of sp³-hybridized carbons (Fsp3) is 0.750. The molecule has 0 aliphatic carbocycles. The molecule has 6 heteroatoms. The Morgan fingerprint density at radius 2 is 2.14 bits per heavy atom. The second-order valence-electron chi connectivity index (χ2n) is 3.52. The molecule has 2 heterocycles. The third-order valence-electron chi connectivity index (χ3n) is 2.58. The van der Waals surface area contributed by atoms with Crippen LogP contribution in [-0.4, -0.2) is 52.6 Å². The Morgan fingerprint density at radius 3 is 2.64 bits per heavy atom. The lowest BCUT2D eigenvalue weighted by molar-refractivity contribution is -0.150. The van der Waals surface area contributed by atoms with Gasteiger partial charge in [-0.3, -0.25) is 4.79 Å². The van der Waals surface area contributed by atoms with E-state index >= 15 is 0 Å². The first-order chi connectivity index (χ1) is 6.70. The molecule has 0 aromatic carbocycles. The minimum absolute atomic E-state index is 0.00412. The zero-order valence-electron chi connectivity index (χ0n) is 7.60. The molecule has 0 bridgehead atoms. The number of nitrogens with one attached hydrogen (secondary N) is 1. The van der Waals surface area contributed by atoms with Crippen LogP contribution >= 0.6 is 11.8 Å². The molecule has 2 saturated heterocycles. The molecule has 2 rings (SSSR count). The van der Waals surface area contributed by atoms with E-state index in [1.807, 2.05) is 0 Å². The average molecular weight is 216 g/mol. The number of thioether (sulfide) groups is 1. The van der Waals surface area contributed by atoms with Crippen molar-refractivity contribution in [2.24, 2.45) is 5.92 Å². The van der Waals surface area contributed by atoms with E-state index in [4.69, 9.17) is 5.11 Å². The van der Waals surface area contributed by atoms with E-state index in [-0.39, 0.29) is 11.8 Å². The molecule has 14 heavy (non-hydrogen) atoms. The highest BCUT2D eigenvalue weighted by Gasteiger charge is 2.39. The molecule has 2 N–H and O–H groups in total. The molecule has 0 radical (unpaired) electrons. The minimum Gasteiger partial charge on any atom is -0.480 e.